The van der Waals surface area contributed by atoms with Gasteiger partial charge in [0.2, 0.25) is 11.8 Å². The predicted octanol–water partition coefficient (Wildman–Crippen LogP) is 3.01. The SMILES string of the molecule is Cc1cc2cc3occ(C4CCC(=O)NC4=O)c3cc2o1. The molecule has 3 aromatic rings. The smallest absolute Gasteiger partial charge is 0.234 e. The van der Waals surface area contributed by atoms with Gasteiger partial charge >= 0.3 is 0 Å². The van der Waals surface area contributed by atoms with Crippen molar-refractivity contribution in [3.8, 4) is 0 Å². The molecule has 1 N–H and O–H groups in total. The average Bonchev–Trinajstić information content (AvgIpc) is 2.98. The summed E-state index contributed by atoms with van der Waals surface area (Å²) >= 11 is 0. The summed E-state index contributed by atoms with van der Waals surface area (Å²) in [6, 6.07) is 5.76. The van der Waals surface area contributed by atoms with E-state index in [9.17, 15) is 9.59 Å². The summed E-state index contributed by atoms with van der Waals surface area (Å²) in [5, 5.41) is 4.22. The number of imide groups is 1. The summed E-state index contributed by atoms with van der Waals surface area (Å²) in [6.45, 7) is 1.89. The monoisotopic (exact) mass is 283 g/mol. The fourth-order valence-electron chi connectivity index (χ4n) is 2.97. The van der Waals surface area contributed by atoms with Gasteiger partial charge in [-0.25, -0.2) is 0 Å². The molecule has 0 radical (unpaired) electrons. The number of fused-ring (bicyclic) bond motifs is 2. The predicted molar refractivity (Wildman–Crippen MR) is 75.8 cm³/mol. The van der Waals surface area contributed by atoms with E-state index >= 15 is 0 Å². The average molecular weight is 283 g/mol. The highest BCUT2D eigenvalue weighted by Crippen LogP contribution is 2.35. The minimum atomic E-state index is -0.350. The van der Waals surface area contributed by atoms with Gasteiger partial charge in [-0.2, -0.15) is 0 Å². The molecule has 2 aromatic heterocycles. The Bertz CT molecular complexity index is 886. The first-order valence-corrected chi connectivity index (χ1v) is 6.87. The Morgan fingerprint density at radius 1 is 1.19 bits per heavy atom. The highest BCUT2D eigenvalue weighted by molar-refractivity contribution is 6.04. The van der Waals surface area contributed by atoms with Gasteiger partial charge in [0.05, 0.1) is 12.2 Å². The topological polar surface area (TPSA) is 72.5 Å². The van der Waals surface area contributed by atoms with Crippen LogP contribution in [0.1, 0.15) is 30.1 Å². The van der Waals surface area contributed by atoms with Gasteiger partial charge in [0.1, 0.15) is 16.9 Å². The Labute approximate surface area is 119 Å². The van der Waals surface area contributed by atoms with E-state index < -0.39 is 0 Å². The van der Waals surface area contributed by atoms with E-state index in [0.29, 0.717) is 12.8 Å². The summed E-state index contributed by atoms with van der Waals surface area (Å²) in [5.74, 6) is 0.00967. The van der Waals surface area contributed by atoms with Crippen LogP contribution in [0.15, 0.2) is 33.3 Å². The Hall–Kier alpha value is -2.56. The Kier molecular flexibility index (Phi) is 2.45. The third kappa shape index (κ3) is 1.85. The number of hydrogen-bond donors (Lipinski definition) is 1. The second-order valence-electron chi connectivity index (χ2n) is 5.44. The molecule has 106 valence electrons. The van der Waals surface area contributed by atoms with Gasteiger partial charge in [-0.05, 0) is 31.5 Å². The van der Waals surface area contributed by atoms with Crippen molar-refractivity contribution in [2.75, 3.05) is 0 Å². The number of aryl methyl sites for hydroxylation is 1. The molecule has 0 bridgehead atoms. The molecule has 1 aromatic carbocycles. The zero-order valence-corrected chi connectivity index (χ0v) is 11.4. The van der Waals surface area contributed by atoms with Gasteiger partial charge in [0.15, 0.2) is 0 Å². The molecule has 0 aliphatic carbocycles. The molecule has 21 heavy (non-hydrogen) atoms. The van der Waals surface area contributed by atoms with Crippen LogP contribution in [-0.4, -0.2) is 11.8 Å². The fraction of sp³-hybridized carbons (Fsp3) is 0.250. The first kappa shape index (κ1) is 12.2. The van der Waals surface area contributed by atoms with Crippen molar-refractivity contribution in [1.29, 1.82) is 0 Å². The molecule has 5 nitrogen and oxygen atoms in total. The first-order chi connectivity index (χ1) is 10.1. The maximum atomic E-state index is 12.0. The molecule has 5 heteroatoms. The largest absolute Gasteiger partial charge is 0.464 e. The molecule has 0 saturated carbocycles. The summed E-state index contributed by atoms with van der Waals surface area (Å²) in [6.07, 6.45) is 2.47. The number of amides is 2. The number of hydrogen-bond acceptors (Lipinski definition) is 4. The van der Waals surface area contributed by atoms with Crippen LogP contribution in [0.2, 0.25) is 0 Å². The number of furan rings is 2. The van der Waals surface area contributed by atoms with E-state index in [1.54, 1.807) is 6.26 Å². The van der Waals surface area contributed by atoms with Gasteiger partial charge in [0, 0.05) is 22.8 Å². The number of rotatable bonds is 1. The lowest BCUT2D eigenvalue weighted by Crippen LogP contribution is -2.39. The molecule has 4 rings (SSSR count). The second kappa shape index (κ2) is 4.22. The third-order valence-electron chi connectivity index (χ3n) is 3.98. The lowest BCUT2D eigenvalue weighted by molar-refractivity contribution is -0.134. The lowest BCUT2D eigenvalue weighted by Gasteiger charge is -2.19. The maximum Gasteiger partial charge on any atom is 0.234 e. The lowest BCUT2D eigenvalue weighted by atomic mass is 9.90. The molecule has 3 heterocycles. The molecule has 1 saturated heterocycles. The maximum absolute atomic E-state index is 12.0. The Morgan fingerprint density at radius 2 is 2.05 bits per heavy atom. The van der Waals surface area contributed by atoms with Crippen LogP contribution in [0.3, 0.4) is 0 Å². The van der Waals surface area contributed by atoms with E-state index in [1.807, 2.05) is 25.1 Å². The van der Waals surface area contributed by atoms with Crippen molar-refractivity contribution in [3.63, 3.8) is 0 Å². The zero-order valence-electron chi connectivity index (χ0n) is 11.4. The highest BCUT2D eigenvalue weighted by Gasteiger charge is 2.30. The van der Waals surface area contributed by atoms with E-state index in [1.165, 1.54) is 0 Å². The van der Waals surface area contributed by atoms with Gasteiger partial charge < -0.3 is 8.83 Å². The van der Waals surface area contributed by atoms with Crippen LogP contribution in [-0.2, 0) is 9.59 Å². The van der Waals surface area contributed by atoms with Crippen molar-refractivity contribution >= 4 is 33.8 Å². The normalized spacial score (nSPS) is 19.4. The Morgan fingerprint density at radius 3 is 2.86 bits per heavy atom. The number of benzene rings is 1. The van der Waals surface area contributed by atoms with E-state index in [-0.39, 0.29) is 17.7 Å². The summed E-state index contributed by atoms with van der Waals surface area (Å²) in [5.41, 5.74) is 2.31. The van der Waals surface area contributed by atoms with Crippen LogP contribution < -0.4 is 5.32 Å². The molecule has 1 atom stereocenters. The minimum absolute atomic E-state index is 0.215. The van der Waals surface area contributed by atoms with E-state index in [4.69, 9.17) is 8.83 Å². The van der Waals surface area contributed by atoms with Crippen molar-refractivity contribution in [2.24, 2.45) is 0 Å². The summed E-state index contributed by atoms with van der Waals surface area (Å²) < 4.78 is 11.2. The van der Waals surface area contributed by atoms with Crippen LogP contribution in [0.4, 0.5) is 0 Å². The molecule has 1 aliphatic rings. The van der Waals surface area contributed by atoms with Gasteiger partial charge in [-0.3, -0.25) is 14.9 Å². The fourth-order valence-corrected chi connectivity index (χ4v) is 2.97. The molecule has 1 fully saturated rings. The highest BCUT2D eigenvalue weighted by atomic mass is 16.3. The van der Waals surface area contributed by atoms with Crippen molar-refractivity contribution in [1.82, 2.24) is 5.32 Å². The van der Waals surface area contributed by atoms with Crippen molar-refractivity contribution in [3.05, 3.63) is 35.8 Å². The quantitative estimate of drug-likeness (QED) is 0.697. The Balaban J connectivity index is 1.87. The summed E-state index contributed by atoms with van der Waals surface area (Å²) in [4.78, 5) is 23.3. The van der Waals surface area contributed by atoms with E-state index in [0.717, 1.165) is 33.3 Å². The molecular weight excluding hydrogens is 270 g/mol. The number of nitrogens with one attached hydrogen (secondary N) is 1. The van der Waals surface area contributed by atoms with Gasteiger partial charge in [0.25, 0.3) is 0 Å². The van der Waals surface area contributed by atoms with Crippen LogP contribution in [0.5, 0.6) is 0 Å². The second-order valence-corrected chi connectivity index (χ2v) is 5.44. The number of carbonyl (C=O) groups excluding carboxylic acids is 2. The van der Waals surface area contributed by atoms with Crippen molar-refractivity contribution < 1.29 is 18.4 Å². The molecule has 2 amide bonds. The van der Waals surface area contributed by atoms with Crippen molar-refractivity contribution in [2.45, 2.75) is 25.7 Å². The molecule has 0 spiro atoms. The zero-order chi connectivity index (χ0) is 14.6. The molecular formula is C16H13NO4. The standard InChI is InChI=1S/C16H13NO4/c1-8-4-9-5-14-11(6-13(9)21-8)12(7-20-14)10-2-3-15(18)17-16(10)19/h4-7,10H,2-3H2,1H3,(H,17,18,19). The van der Waals surface area contributed by atoms with Gasteiger partial charge in [-0.1, -0.05) is 0 Å². The number of piperidine rings is 1. The number of carbonyl (C=O) groups is 2. The van der Waals surface area contributed by atoms with Gasteiger partial charge in [-0.15, -0.1) is 0 Å². The first-order valence-electron chi connectivity index (χ1n) is 6.87. The third-order valence-corrected chi connectivity index (χ3v) is 3.98. The van der Waals surface area contributed by atoms with Crippen LogP contribution >= 0.6 is 0 Å². The molecule has 1 unspecified atom stereocenters. The van der Waals surface area contributed by atoms with Crippen LogP contribution in [0.25, 0.3) is 21.9 Å². The molecule has 1 aliphatic heterocycles. The van der Waals surface area contributed by atoms with Crippen LogP contribution in [0, 0.1) is 6.92 Å². The minimum Gasteiger partial charge on any atom is -0.464 e. The summed E-state index contributed by atoms with van der Waals surface area (Å²) in [7, 11) is 0. The van der Waals surface area contributed by atoms with E-state index in [2.05, 4.69) is 5.32 Å².